The first-order valence-electron chi connectivity index (χ1n) is 6.15. The van der Waals surface area contributed by atoms with Crippen LogP contribution in [-0.2, 0) is 0 Å². The number of rotatable bonds is 3. The molecule has 1 aromatic heterocycles. The molecule has 0 N–H and O–H groups in total. The lowest BCUT2D eigenvalue weighted by atomic mass is 10.0. The number of fused-ring (bicyclic) bond motifs is 1. The van der Waals surface area contributed by atoms with Gasteiger partial charge in [0.25, 0.3) is 0 Å². The summed E-state index contributed by atoms with van der Waals surface area (Å²) in [6.45, 7) is 0. The van der Waals surface area contributed by atoms with E-state index in [1.54, 1.807) is 18.4 Å². The molecule has 20 heavy (non-hydrogen) atoms. The molecule has 0 saturated carbocycles. The van der Waals surface area contributed by atoms with Gasteiger partial charge in [-0.05, 0) is 28.5 Å². The van der Waals surface area contributed by atoms with E-state index in [0.29, 0.717) is 0 Å². The van der Waals surface area contributed by atoms with Crippen LogP contribution in [0.1, 0.15) is 15.8 Å². The van der Waals surface area contributed by atoms with Crippen LogP contribution >= 0.6 is 34.5 Å². The van der Waals surface area contributed by atoms with Crippen molar-refractivity contribution in [3.8, 4) is 5.75 Å². The molecule has 0 spiro atoms. The summed E-state index contributed by atoms with van der Waals surface area (Å²) < 4.78 is 5.36. The number of alkyl halides is 1. The Hall–Kier alpha value is -1.22. The average Bonchev–Trinajstić information content (AvgIpc) is 2.96. The molecule has 2 aromatic carbocycles. The molecule has 1 nitrogen and oxygen atoms in total. The first-order valence-corrected chi connectivity index (χ1v) is 7.84. The lowest BCUT2D eigenvalue weighted by Crippen LogP contribution is -1.95. The zero-order valence-electron chi connectivity index (χ0n) is 10.8. The van der Waals surface area contributed by atoms with E-state index in [0.717, 1.165) is 32.0 Å². The predicted octanol–water partition coefficient (Wildman–Crippen LogP) is 5.89. The van der Waals surface area contributed by atoms with Gasteiger partial charge in [-0.1, -0.05) is 41.9 Å². The molecular weight excluding hydrogens is 311 g/mol. The van der Waals surface area contributed by atoms with Crippen molar-refractivity contribution in [2.45, 2.75) is 5.38 Å². The van der Waals surface area contributed by atoms with E-state index in [1.807, 2.05) is 47.8 Å². The molecule has 1 atom stereocenters. The van der Waals surface area contributed by atoms with Crippen LogP contribution < -0.4 is 4.74 Å². The molecule has 102 valence electrons. The molecular formula is C16H12Cl2OS. The van der Waals surface area contributed by atoms with Gasteiger partial charge in [-0.2, -0.15) is 0 Å². The number of hydrogen-bond donors (Lipinski definition) is 0. The fourth-order valence-electron chi connectivity index (χ4n) is 2.31. The van der Waals surface area contributed by atoms with Crippen molar-refractivity contribution in [1.29, 1.82) is 0 Å². The van der Waals surface area contributed by atoms with E-state index >= 15 is 0 Å². The fraction of sp³-hybridized carbons (Fsp3) is 0.125. The van der Waals surface area contributed by atoms with Gasteiger partial charge in [0.05, 0.1) is 17.4 Å². The third kappa shape index (κ3) is 2.28. The molecule has 0 radical (unpaired) electrons. The first-order chi connectivity index (χ1) is 9.72. The summed E-state index contributed by atoms with van der Waals surface area (Å²) in [6, 6.07) is 13.9. The zero-order chi connectivity index (χ0) is 14.1. The highest BCUT2D eigenvalue weighted by Crippen LogP contribution is 2.42. The monoisotopic (exact) mass is 322 g/mol. The largest absolute Gasteiger partial charge is 0.496 e. The van der Waals surface area contributed by atoms with E-state index in [-0.39, 0.29) is 5.38 Å². The van der Waals surface area contributed by atoms with Crippen molar-refractivity contribution in [3.63, 3.8) is 0 Å². The molecule has 0 saturated heterocycles. The normalized spacial score (nSPS) is 12.6. The second-order valence-electron chi connectivity index (χ2n) is 4.40. The molecule has 0 bridgehead atoms. The van der Waals surface area contributed by atoms with Crippen molar-refractivity contribution < 1.29 is 4.74 Å². The highest BCUT2D eigenvalue weighted by atomic mass is 35.5. The summed E-state index contributed by atoms with van der Waals surface area (Å²) in [5.74, 6) is 0.828. The Kier molecular flexibility index (Phi) is 3.88. The number of halogens is 2. The van der Waals surface area contributed by atoms with Gasteiger partial charge in [0.15, 0.2) is 0 Å². The van der Waals surface area contributed by atoms with E-state index in [2.05, 4.69) is 0 Å². The van der Waals surface area contributed by atoms with Crippen LogP contribution in [0.5, 0.6) is 5.75 Å². The summed E-state index contributed by atoms with van der Waals surface area (Å²) in [6.07, 6.45) is 0. The van der Waals surface area contributed by atoms with Gasteiger partial charge in [0.1, 0.15) is 5.75 Å². The minimum absolute atomic E-state index is 0.243. The smallest absolute Gasteiger partial charge is 0.134 e. The van der Waals surface area contributed by atoms with Gasteiger partial charge in [-0.25, -0.2) is 0 Å². The molecule has 3 aromatic rings. The van der Waals surface area contributed by atoms with Crippen LogP contribution in [0.25, 0.3) is 10.8 Å². The third-order valence-corrected chi connectivity index (χ3v) is 5.16. The lowest BCUT2D eigenvalue weighted by Gasteiger charge is -2.14. The maximum atomic E-state index is 6.68. The van der Waals surface area contributed by atoms with Crippen molar-refractivity contribution in [2.24, 2.45) is 0 Å². The SMILES string of the molecule is COc1ccsc1C(Cl)c1ccc(Cl)c2ccccc12. The number of methoxy groups -OCH3 is 1. The standard InChI is InChI=1S/C16H12Cl2OS/c1-19-14-8-9-20-16(14)15(18)12-6-7-13(17)11-5-3-2-4-10(11)12/h2-9,15H,1H3. The average molecular weight is 323 g/mol. The minimum atomic E-state index is -0.243. The predicted molar refractivity (Wildman–Crippen MR) is 87.5 cm³/mol. The Morgan fingerprint density at radius 2 is 1.80 bits per heavy atom. The maximum Gasteiger partial charge on any atom is 0.134 e. The van der Waals surface area contributed by atoms with Gasteiger partial charge in [0, 0.05) is 10.4 Å². The van der Waals surface area contributed by atoms with Gasteiger partial charge in [-0.3, -0.25) is 0 Å². The summed E-state index contributed by atoms with van der Waals surface area (Å²) in [5.41, 5.74) is 1.05. The molecule has 0 aliphatic heterocycles. The minimum Gasteiger partial charge on any atom is -0.496 e. The van der Waals surface area contributed by atoms with Gasteiger partial charge < -0.3 is 4.74 Å². The Bertz CT molecular complexity index is 751. The van der Waals surface area contributed by atoms with Crippen LogP contribution in [0.2, 0.25) is 5.02 Å². The van der Waals surface area contributed by atoms with Crippen molar-refractivity contribution in [2.75, 3.05) is 7.11 Å². The Labute approximate surface area is 131 Å². The van der Waals surface area contributed by atoms with Crippen molar-refractivity contribution in [1.82, 2.24) is 0 Å². The molecule has 0 amide bonds. The number of benzene rings is 2. The lowest BCUT2D eigenvalue weighted by molar-refractivity contribution is 0.413. The number of hydrogen-bond acceptors (Lipinski definition) is 2. The first kappa shape index (κ1) is 13.7. The van der Waals surface area contributed by atoms with Crippen LogP contribution in [0, 0.1) is 0 Å². The third-order valence-electron chi connectivity index (χ3n) is 3.29. The molecule has 1 heterocycles. The fourth-order valence-corrected chi connectivity index (χ4v) is 3.84. The Morgan fingerprint density at radius 3 is 2.55 bits per heavy atom. The molecule has 0 aliphatic carbocycles. The van der Waals surface area contributed by atoms with Gasteiger partial charge in [0.2, 0.25) is 0 Å². The highest BCUT2D eigenvalue weighted by Gasteiger charge is 2.19. The zero-order valence-corrected chi connectivity index (χ0v) is 13.1. The van der Waals surface area contributed by atoms with Crippen LogP contribution in [0.15, 0.2) is 47.8 Å². The topological polar surface area (TPSA) is 9.23 Å². The molecule has 0 aliphatic rings. The summed E-state index contributed by atoms with van der Waals surface area (Å²) in [7, 11) is 1.66. The number of thiophene rings is 1. The second kappa shape index (κ2) is 5.65. The maximum absolute atomic E-state index is 6.68. The second-order valence-corrected chi connectivity index (χ2v) is 6.19. The summed E-state index contributed by atoms with van der Waals surface area (Å²) in [5, 5.41) is 4.59. The van der Waals surface area contributed by atoms with E-state index in [9.17, 15) is 0 Å². The van der Waals surface area contributed by atoms with Crippen LogP contribution in [0.3, 0.4) is 0 Å². The quantitative estimate of drug-likeness (QED) is 0.546. The Morgan fingerprint density at radius 1 is 1.05 bits per heavy atom. The van der Waals surface area contributed by atoms with Crippen molar-refractivity contribution >= 4 is 45.3 Å². The molecule has 3 rings (SSSR count). The van der Waals surface area contributed by atoms with E-state index < -0.39 is 0 Å². The van der Waals surface area contributed by atoms with E-state index in [4.69, 9.17) is 27.9 Å². The number of ether oxygens (including phenoxy) is 1. The molecule has 0 fully saturated rings. The van der Waals surface area contributed by atoms with Crippen LogP contribution in [0.4, 0.5) is 0 Å². The van der Waals surface area contributed by atoms with E-state index in [1.165, 1.54) is 0 Å². The van der Waals surface area contributed by atoms with Crippen LogP contribution in [-0.4, -0.2) is 7.11 Å². The Balaban J connectivity index is 2.17. The van der Waals surface area contributed by atoms with Crippen molar-refractivity contribution in [3.05, 3.63) is 63.3 Å². The molecule has 4 heteroatoms. The molecule has 1 unspecified atom stereocenters. The summed E-state index contributed by atoms with van der Waals surface area (Å²) >= 11 is 14.5. The van der Waals surface area contributed by atoms with Gasteiger partial charge in [-0.15, -0.1) is 22.9 Å². The highest BCUT2D eigenvalue weighted by molar-refractivity contribution is 7.10. The van der Waals surface area contributed by atoms with Gasteiger partial charge >= 0.3 is 0 Å². The summed E-state index contributed by atoms with van der Waals surface area (Å²) in [4.78, 5) is 1.02.